The smallest absolute Gasteiger partial charge is 0.123 e. The fourth-order valence-corrected chi connectivity index (χ4v) is 3.03. The highest BCUT2D eigenvalue weighted by atomic mass is 35.5. The summed E-state index contributed by atoms with van der Waals surface area (Å²) in [6.45, 7) is 0. The minimum atomic E-state index is -1.34. The molecule has 5 heteroatoms. The van der Waals surface area contributed by atoms with Gasteiger partial charge in [-0.05, 0) is 35.9 Å². The van der Waals surface area contributed by atoms with Gasteiger partial charge in [0.15, 0.2) is 0 Å². The first-order chi connectivity index (χ1) is 8.56. The zero-order chi connectivity index (χ0) is 13.1. The Morgan fingerprint density at radius 2 is 2.00 bits per heavy atom. The summed E-state index contributed by atoms with van der Waals surface area (Å²) in [6.07, 6.45) is 0. The summed E-state index contributed by atoms with van der Waals surface area (Å²) in [5, 5.41) is 0.479. The molecule has 2 N–H and O–H groups in total. The van der Waals surface area contributed by atoms with Gasteiger partial charge in [0.05, 0.1) is 21.4 Å². The second kappa shape index (κ2) is 5.50. The van der Waals surface area contributed by atoms with Gasteiger partial charge in [-0.1, -0.05) is 23.7 Å². The highest BCUT2D eigenvalue weighted by Gasteiger charge is 2.10. The molecule has 0 aliphatic heterocycles. The fraction of sp³-hybridized carbons (Fsp3) is 0.0769. The van der Waals surface area contributed by atoms with Crippen LogP contribution in [0.15, 0.2) is 47.4 Å². The summed E-state index contributed by atoms with van der Waals surface area (Å²) in [5.74, 6) is -0.133. The molecule has 0 aliphatic rings. The van der Waals surface area contributed by atoms with E-state index in [9.17, 15) is 8.60 Å². The third kappa shape index (κ3) is 3.09. The highest BCUT2D eigenvalue weighted by molar-refractivity contribution is 7.84. The predicted molar refractivity (Wildman–Crippen MR) is 72.4 cm³/mol. The molecule has 0 radical (unpaired) electrons. The largest absolute Gasteiger partial charge is 0.398 e. The topological polar surface area (TPSA) is 43.1 Å². The molecule has 0 spiro atoms. The molecular formula is C13H11ClFNOS. The van der Waals surface area contributed by atoms with Crippen molar-refractivity contribution in [3.63, 3.8) is 0 Å². The van der Waals surface area contributed by atoms with Gasteiger partial charge in [0.25, 0.3) is 0 Å². The van der Waals surface area contributed by atoms with Crippen LogP contribution in [0.4, 0.5) is 10.1 Å². The number of hydrogen-bond donors (Lipinski definition) is 1. The Bertz CT molecular complexity index is 603. The van der Waals surface area contributed by atoms with Crippen LogP contribution in [-0.4, -0.2) is 4.21 Å². The van der Waals surface area contributed by atoms with Crippen LogP contribution in [0.2, 0.25) is 5.02 Å². The van der Waals surface area contributed by atoms with E-state index in [0.29, 0.717) is 21.2 Å². The highest BCUT2D eigenvalue weighted by Crippen LogP contribution is 2.23. The Morgan fingerprint density at radius 1 is 1.22 bits per heavy atom. The number of halogens is 2. The van der Waals surface area contributed by atoms with E-state index in [-0.39, 0.29) is 11.6 Å². The van der Waals surface area contributed by atoms with E-state index in [1.807, 2.05) is 0 Å². The van der Waals surface area contributed by atoms with Crippen LogP contribution in [-0.2, 0) is 16.6 Å². The molecule has 0 bridgehead atoms. The van der Waals surface area contributed by atoms with E-state index >= 15 is 0 Å². The SMILES string of the molecule is Nc1ccc(Cl)cc1S(=O)Cc1cccc(F)c1. The monoisotopic (exact) mass is 283 g/mol. The molecular weight excluding hydrogens is 273 g/mol. The number of nitrogens with two attached hydrogens (primary N) is 1. The maximum atomic E-state index is 13.0. The summed E-state index contributed by atoms with van der Waals surface area (Å²) < 4.78 is 25.2. The van der Waals surface area contributed by atoms with Gasteiger partial charge in [-0.3, -0.25) is 4.21 Å². The van der Waals surface area contributed by atoms with E-state index in [1.165, 1.54) is 12.1 Å². The van der Waals surface area contributed by atoms with Crippen LogP contribution in [0, 0.1) is 5.82 Å². The van der Waals surface area contributed by atoms with Gasteiger partial charge in [-0.15, -0.1) is 0 Å². The van der Waals surface area contributed by atoms with Crippen LogP contribution in [0.25, 0.3) is 0 Å². The van der Waals surface area contributed by atoms with Gasteiger partial charge in [-0.2, -0.15) is 0 Å². The quantitative estimate of drug-likeness (QED) is 0.878. The van der Waals surface area contributed by atoms with Gasteiger partial charge in [-0.25, -0.2) is 4.39 Å². The van der Waals surface area contributed by atoms with Crippen molar-refractivity contribution in [3.8, 4) is 0 Å². The molecule has 0 saturated carbocycles. The lowest BCUT2D eigenvalue weighted by Crippen LogP contribution is -2.01. The molecule has 0 saturated heterocycles. The predicted octanol–water partition coefficient (Wildman–Crippen LogP) is 3.37. The summed E-state index contributed by atoms with van der Waals surface area (Å²) in [7, 11) is -1.34. The number of hydrogen-bond acceptors (Lipinski definition) is 2. The molecule has 2 nitrogen and oxygen atoms in total. The van der Waals surface area contributed by atoms with Crippen molar-refractivity contribution >= 4 is 28.1 Å². The molecule has 0 heterocycles. The zero-order valence-corrected chi connectivity index (χ0v) is 11.0. The number of nitrogen functional groups attached to an aromatic ring is 1. The first-order valence-electron chi connectivity index (χ1n) is 5.24. The second-order valence-corrected chi connectivity index (χ2v) is 5.66. The second-order valence-electron chi connectivity index (χ2n) is 3.80. The number of rotatable bonds is 3. The van der Waals surface area contributed by atoms with Crippen molar-refractivity contribution in [2.45, 2.75) is 10.6 Å². The zero-order valence-electron chi connectivity index (χ0n) is 9.40. The third-order valence-electron chi connectivity index (χ3n) is 2.41. The van der Waals surface area contributed by atoms with E-state index in [4.69, 9.17) is 17.3 Å². The van der Waals surface area contributed by atoms with Crippen molar-refractivity contribution < 1.29 is 8.60 Å². The Morgan fingerprint density at radius 3 is 2.72 bits per heavy atom. The number of anilines is 1. The van der Waals surface area contributed by atoms with Crippen molar-refractivity contribution in [2.24, 2.45) is 0 Å². The summed E-state index contributed by atoms with van der Waals surface area (Å²) in [5.41, 5.74) is 6.83. The Kier molecular flexibility index (Phi) is 3.99. The molecule has 1 unspecified atom stereocenters. The van der Waals surface area contributed by atoms with Gasteiger partial charge in [0, 0.05) is 10.7 Å². The maximum absolute atomic E-state index is 13.0. The summed E-state index contributed by atoms with van der Waals surface area (Å²) in [4.78, 5) is 0.478. The molecule has 94 valence electrons. The van der Waals surface area contributed by atoms with Gasteiger partial charge in [0.1, 0.15) is 5.82 Å². The van der Waals surface area contributed by atoms with Crippen molar-refractivity contribution in [3.05, 3.63) is 58.9 Å². The molecule has 2 aromatic carbocycles. The van der Waals surface area contributed by atoms with E-state index in [2.05, 4.69) is 0 Å². The number of benzene rings is 2. The minimum Gasteiger partial charge on any atom is -0.398 e. The molecule has 0 aromatic heterocycles. The molecule has 0 amide bonds. The molecule has 0 fully saturated rings. The lowest BCUT2D eigenvalue weighted by molar-refractivity contribution is 0.626. The van der Waals surface area contributed by atoms with Gasteiger partial charge in [0.2, 0.25) is 0 Å². The molecule has 0 aliphatic carbocycles. The standard InChI is InChI=1S/C13H11ClFNOS/c14-10-4-5-12(16)13(7-10)18(17)8-9-2-1-3-11(15)6-9/h1-7H,8,16H2. The fourth-order valence-electron chi connectivity index (χ4n) is 1.56. The molecule has 2 rings (SSSR count). The molecule has 18 heavy (non-hydrogen) atoms. The van der Waals surface area contributed by atoms with Crippen LogP contribution in [0.1, 0.15) is 5.56 Å². The van der Waals surface area contributed by atoms with Gasteiger partial charge >= 0.3 is 0 Å². The first-order valence-corrected chi connectivity index (χ1v) is 6.94. The third-order valence-corrected chi connectivity index (χ3v) is 4.08. The molecule has 2 aromatic rings. The summed E-state index contributed by atoms with van der Waals surface area (Å²) >= 11 is 5.84. The maximum Gasteiger partial charge on any atom is 0.123 e. The van der Waals surface area contributed by atoms with E-state index in [1.54, 1.807) is 30.3 Å². The normalized spacial score (nSPS) is 12.3. The van der Waals surface area contributed by atoms with Crippen LogP contribution < -0.4 is 5.73 Å². The Balaban J connectivity index is 2.24. The van der Waals surface area contributed by atoms with Crippen molar-refractivity contribution in [2.75, 3.05) is 5.73 Å². The Labute approximate surface area is 112 Å². The average molecular weight is 284 g/mol. The molecule has 1 atom stereocenters. The first kappa shape index (κ1) is 13.1. The average Bonchev–Trinajstić information content (AvgIpc) is 2.32. The van der Waals surface area contributed by atoms with Crippen LogP contribution >= 0.6 is 11.6 Å². The minimum absolute atomic E-state index is 0.211. The van der Waals surface area contributed by atoms with Crippen LogP contribution in [0.5, 0.6) is 0 Å². The van der Waals surface area contributed by atoms with Crippen LogP contribution in [0.3, 0.4) is 0 Å². The van der Waals surface area contributed by atoms with E-state index < -0.39 is 10.8 Å². The summed E-state index contributed by atoms with van der Waals surface area (Å²) in [6, 6.07) is 10.8. The van der Waals surface area contributed by atoms with Crippen molar-refractivity contribution in [1.29, 1.82) is 0 Å². The van der Waals surface area contributed by atoms with Gasteiger partial charge < -0.3 is 5.73 Å². The van der Waals surface area contributed by atoms with E-state index in [0.717, 1.165) is 0 Å². The Hall–Kier alpha value is -1.39. The lowest BCUT2D eigenvalue weighted by atomic mass is 10.2. The lowest BCUT2D eigenvalue weighted by Gasteiger charge is -2.06. The van der Waals surface area contributed by atoms with Crippen molar-refractivity contribution in [1.82, 2.24) is 0 Å².